The molecule has 94 valence electrons. The van der Waals surface area contributed by atoms with E-state index in [4.69, 9.17) is 16.7 Å². The van der Waals surface area contributed by atoms with Crippen LogP contribution in [0.5, 0.6) is 0 Å². The summed E-state index contributed by atoms with van der Waals surface area (Å²) in [6, 6.07) is 5.08. The van der Waals surface area contributed by atoms with E-state index in [0.717, 1.165) is 18.8 Å². The SMILES string of the molecule is CCN(CC(C)C)c1ccc(C(=O)O)c(Cl)c1. The highest BCUT2D eigenvalue weighted by Gasteiger charge is 2.12. The molecule has 17 heavy (non-hydrogen) atoms. The van der Waals surface area contributed by atoms with Gasteiger partial charge in [0.05, 0.1) is 10.6 Å². The summed E-state index contributed by atoms with van der Waals surface area (Å²) in [7, 11) is 0. The predicted octanol–water partition coefficient (Wildman–Crippen LogP) is 3.52. The largest absolute Gasteiger partial charge is 0.478 e. The fourth-order valence-electron chi connectivity index (χ4n) is 1.73. The molecule has 0 aromatic heterocycles. The Morgan fingerprint density at radius 2 is 2.12 bits per heavy atom. The highest BCUT2D eigenvalue weighted by atomic mass is 35.5. The van der Waals surface area contributed by atoms with Crippen molar-refractivity contribution in [1.29, 1.82) is 0 Å². The lowest BCUT2D eigenvalue weighted by Crippen LogP contribution is -2.27. The van der Waals surface area contributed by atoms with Gasteiger partial charge in [-0.2, -0.15) is 0 Å². The average molecular weight is 256 g/mol. The monoisotopic (exact) mass is 255 g/mol. The highest BCUT2D eigenvalue weighted by molar-refractivity contribution is 6.33. The van der Waals surface area contributed by atoms with E-state index in [1.54, 1.807) is 18.2 Å². The van der Waals surface area contributed by atoms with Gasteiger partial charge in [-0.25, -0.2) is 4.79 Å². The number of carboxylic acid groups (broad SMARTS) is 1. The molecule has 0 amide bonds. The Hall–Kier alpha value is -1.22. The van der Waals surface area contributed by atoms with Crippen molar-refractivity contribution in [3.05, 3.63) is 28.8 Å². The Kier molecular flexibility index (Phi) is 4.82. The molecular weight excluding hydrogens is 238 g/mol. The van der Waals surface area contributed by atoms with Gasteiger partial charge in [0.2, 0.25) is 0 Å². The van der Waals surface area contributed by atoms with Gasteiger partial charge >= 0.3 is 5.97 Å². The van der Waals surface area contributed by atoms with Gasteiger partial charge in [-0.1, -0.05) is 25.4 Å². The Balaban J connectivity index is 2.98. The first-order valence-electron chi connectivity index (χ1n) is 5.73. The first-order valence-corrected chi connectivity index (χ1v) is 6.11. The van der Waals surface area contributed by atoms with Crippen molar-refractivity contribution in [2.24, 2.45) is 5.92 Å². The summed E-state index contributed by atoms with van der Waals surface area (Å²) in [6.45, 7) is 8.17. The second-order valence-electron chi connectivity index (χ2n) is 4.40. The normalized spacial score (nSPS) is 10.6. The van der Waals surface area contributed by atoms with Crippen molar-refractivity contribution in [3.63, 3.8) is 0 Å². The first kappa shape index (κ1) is 13.8. The molecule has 0 aliphatic rings. The maximum atomic E-state index is 10.9. The molecule has 0 spiro atoms. The molecule has 4 heteroatoms. The van der Waals surface area contributed by atoms with Crippen molar-refractivity contribution in [1.82, 2.24) is 0 Å². The van der Waals surface area contributed by atoms with Crippen LogP contribution in [0.25, 0.3) is 0 Å². The Labute approximate surface area is 107 Å². The zero-order chi connectivity index (χ0) is 13.0. The highest BCUT2D eigenvalue weighted by Crippen LogP contribution is 2.24. The lowest BCUT2D eigenvalue weighted by Gasteiger charge is -2.25. The minimum absolute atomic E-state index is 0.149. The summed E-state index contributed by atoms with van der Waals surface area (Å²) in [5, 5.41) is 9.19. The van der Waals surface area contributed by atoms with E-state index in [0.29, 0.717) is 5.92 Å². The van der Waals surface area contributed by atoms with Crippen LogP contribution in [0, 0.1) is 5.92 Å². The lowest BCUT2D eigenvalue weighted by atomic mass is 10.1. The third-order valence-corrected chi connectivity index (χ3v) is 2.83. The first-order chi connectivity index (χ1) is 7.95. The molecule has 1 aromatic carbocycles. The summed E-state index contributed by atoms with van der Waals surface area (Å²) in [5.41, 5.74) is 1.12. The number of carbonyl (C=O) groups is 1. The maximum absolute atomic E-state index is 10.9. The second kappa shape index (κ2) is 5.92. The van der Waals surface area contributed by atoms with E-state index in [-0.39, 0.29) is 10.6 Å². The standard InChI is InChI=1S/C13H18ClNO2/c1-4-15(8-9(2)3)10-5-6-11(13(16)17)12(14)7-10/h5-7,9H,4,8H2,1-3H3,(H,16,17). The maximum Gasteiger partial charge on any atom is 0.337 e. The Bertz CT molecular complexity index is 404. The van der Waals surface area contributed by atoms with Crippen LogP contribution < -0.4 is 4.90 Å². The van der Waals surface area contributed by atoms with Gasteiger partial charge in [0.15, 0.2) is 0 Å². The second-order valence-corrected chi connectivity index (χ2v) is 4.81. The van der Waals surface area contributed by atoms with E-state index in [2.05, 4.69) is 25.7 Å². The van der Waals surface area contributed by atoms with Gasteiger partial charge in [-0.15, -0.1) is 0 Å². The molecule has 1 rings (SSSR count). The fraction of sp³-hybridized carbons (Fsp3) is 0.462. The molecule has 3 nitrogen and oxygen atoms in total. The molecule has 0 fully saturated rings. The topological polar surface area (TPSA) is 40.5 Å². The molecule has 0 saturated heterocycles. The van der Waals surface area contributed by atoms with Crippen molar-refractivity contribution >= 4 is 23.3 Å². The number of anilines is 1. The number of rotatable bonds is 5. The van der Waals surface area contributed by atoms with Crippen LogP contribution in [0.15, 0.2) is 18.2 Å². The molecule has 0 radical (unpaired) electrons. The van der Waals surface area contributed by atoms with Crippen molar-refractivity contribution in [2.75, 3.05) is 18.0 Å². The van der Waals surface area contributed by atoms with Crippen LogP contribution in [-0.4, -0.2) is 24.2 Å². The number of carboxylic acids is 1. The third kappa shape index (κ3) is 3.63. The quantitative estimate of drug-likeness (QED) is 0.875. The number of hydrogen-bond donors (Lipinski definition) is 1. The van der Waals surface area contributed by atoms with Gasteiger partial charge < -0.3 is 10.0 Å². The number of halogens is 1. The third-order valence-electron chi connectivity index (χ3n) is 2.52. The van der Waals surface area contributed by atoms with Crippen LogP contribution in [0.1, 0.15) is 31.1 Å². The molecule has 1 aromatic rings. The number of benzene rings is 1. The molecule has 0 bridgehead atoms. The summed E-state index contributed by atoms with van der Waals surface area (Å²) in [6.07, 6.45) is 0. The molecule has 0 atom stereocenters. The van der Waals surface area contributed by atoms with Gasteiger partial charge in [0, 0.05) is 18.8 Å². The summed E-state index contributed by atoms with van der Waals surface area (Å²) >= 11 is 5.95. The van der Waals surface area contributed by atoms with Crippen LogP contribution >= 0.6 is 11.6 Å². The number of nitrogens with zero attached hydrogens (tertiary/aromatic N) is 1. The van der Waals surface area contributed by atoms with Crippen molar-refractivity contribution in [3.8, 4) is 0 Å². The van der Waals surface area contributed by atoms with Crippen molar-refractivity contribution in [2.45, 2.75) is 20.8 Å². The molecule has 0 unspecified atom stereocenters. The number of hydrogen-bond acceptors (Lipinski definition) is 2. The van der Waals surface area contributed by atoms with E-state index in [9.17, 15) is 4.79 Å². The summed E-state index contributed by atoms with van der Waals surface area (Å²) in [5.74, 6) is -0.443. The van der Waals surface area contributed by atoms with Gasteiger partial charge in [0.25, 0.3) is 0 Å². The average Bonchev–Trinajstić information content (AvgIpc) is 2.24. The van der Waals surface area contributed by atoms with Gasteiger partial charge in [0.1, 0.15) is 0 Å². The predicted molar refractivity (Wildman–Crippen MR) is 71.1 cm³/mol. The molecular formula is C13H18ClNO2. The van der Waals surface area contributed by atoms with Crippen LogP contribution in [-0.2, 0) is 0 Å². The van der Waals surface area contributed by atoms with Gasteiger partial charge in [-0.05, 0) is 31.0 Å². The zero-order valence-electron chi connectivity index (χ0n) is 10.4. The van der Waals surface area contributed by atoms with Crippen LogP contribution in [0.4, 0.5) is 5.69 Å². The Morgan fingerprint density at radius 1 is 1.47 bits per heavy atom. The zero-order valence-corrected chi connectivity index (χ0v) is 11.2. The van der Waals surface area contributed by atoms with Crippen molar-refractivity contribution < 1.29 is 9.90 Å². The van der Waals surface area contributed by atoms with Crippen LogP contribution in [0.3, 0.4) is 0 Å². The lowest BCUT2D eigenvalue weighted by molar-refractivity contribution is 0.0697. The summed E-state index contributed by atoms with van der Waals surface area (Å²) in [4.78, 5) is 13.0. The van der Waals surface area contributed by atoms with E-state index in [1.807, 2.05) is 0 Å². The van der Waals surface area contributed by atoms with Gasteiger partial charge in [-0.3, -0.25) is 0 Å². The van der Waals surface area contributed by atoms with E-state index < -0.39 is 5.97 Å². The minimum Gasteiger partial charge on any atom is -0.478 e. The summed E-state index contributed by atoms with van der Waals surface area (Å²) < 4.78 is 0. The Morgan fingerprint density at radius 3 is 2.53 bits per heavy atom. The molecule has 0 aliphatic carbocycles. The van der Waals surface area contributed by atoms with Crippen LogP contribution in [0.2, 0.25) is 5.02 Å². The smallest absolute Gasteiger partial charge is 0.337 e. The molecule has 1 N–H and O–H groups in total. The molecule has 0 aliphatic heterocycles. The molecule has 0 saturated carbocycles. The van der Waals surface area contributed by atoms with E-state index >= 15 is 0 Å². The fourth-order valence-corrected chi connectivity index (χ4v) is 1.99. The number of aromatic carboxylic acids is 1. The molecule has 0 heterocycles. The van der Waals surface area contributed by atoms with E-state index in [1.165, 1.54) is 0 Å². The minimum atomic E-state index is -0.992.